The zero-order valence-electron chi connectivity index (χ0n) is 16.6. The quantitative estimate of drug-likeness (QED) is 0.208. The van der Waals surface area contributed by atoms with Gasteiger partial charge in [-0.15, -0.1) is 0 Å². The first-order valence-electron chi connectivity index (χ1n) is 8.91. The van der Waals surface area contributed by atoms with Crippen molar-refractivity contribution in [2.24, 2.45) is 0 Å². The van der Waals surface area contributed by atoms with Gasteiger partial charge in [0.2, 0.25) is 6.54 Å². The highest BCUT2D eigenvalue weighted by Gasteiger charge is 2.31. The van der Waals surface area contributed by atoms with E-state index in [1.807, 2.05) is 6.92 Å². The maximum atomic E-state index is 13.5. The van der Waals surface area contributed by atoms with Gasteiger partial charge in [0.05, 0.1) is 12.2 Å². The molecule has 0 aromatic heterocycles. The fourth-order valence-electron chi connectivity index (χ4n) is 2.33. The summed E-state index contributed by atoms with van der Waals surface area (Å²) < 4.78 is 33.2. The van der Waals surface area contributed by atoms with Crippen LogP contribution in [-0.4, -0.2) is 62.1 Å². The van der Waals surface area contributed by atoms with Gasteiger partial charge in [-0.1, -0.05) is 6.92 Å². The van der Waals surface area contributed by atoms with Crippen molar-refractivity contribution in [3.05, 3.63) is 11.4 Å². The van der Waals surface area contributed by atoms with Gasteiger partial charge in [-0.3, -0.25) is 0 Å². The van der Waals surface area contributed by atoms with Crippen LogP contribution in [0.1, 0.15) is 54.9 Å². The molecule has 0 aromatic rings. The lowest BCUT2D eigenvalue weighted by atomic mass is 9.94. The molecule has 144 valence electrons. The van der Waals surface area contributed by atoms with Crippen molar-refractivity contribution in [2.45, 2.75) is 91.4 Å². The van der Waals surface area contributed by atoms with Crippen LogP contribution < -0.4 is 0 Å². The Morgan fingerprint density at radius 2 is 1.72 bits per heavy atom. The average molecular weight is 374 g/mol. The number of ether oxygens (including phenoxy) is 1. The minimum atomic E-state index is -1.39. The number of rotatable bonds is 13. The Kier molecular flexibility index (Phi) is 12.9. The highest BCUT2D eigenvalue weighted by molar-refractivity contribution is 7.44. The molecule has 0 aliphatic rings. The molecule has 0 aliphatic carbocycles. The minimum absolute atomic E-state index is 0.206. The largest absolute Gasteiger partial charge is 0.379 e. The second-order valence-electron chi connectivity index (χ2n) is 6.56. The van der Waals surface area contributed by atoms with Crippen LogP contribution in [0.2, 0.25) is 0 Å². The van der Waals surface area contributed by atoms with E-state index in [1.54, 1.807) is 6.92 Å². The zero-order chi connectivity index (χ0) is 19.6. The second kappa shape index (κ2) is 13.0. The van der Waals surface area contributed by atoms with E-state index in [2.05, 4.69) is 37.2 Å². The number of alkyl halides is 1. The molecule has 0 fully saturated rings. The van der Waals surface area contributed by atoms with Gasteiger partial charge in [0.25, 0.3) is 8.53 Å². The second-order valence-corrected chi connectivity index (χ2v) is 7.96. The van der Waals surface area contributed by atoms with Crippen molar-refractivity contribution in [3.8, 4) is 0 Å². The van der Waals surface area contributed by atoms with Crippen LogP contribution in [0.3, 0.4) is 0 Å². The Morgan fingerprint density at radius 1 is 1.16 bits per heavy atom. The fraction of sp³-hybridized carbons (Fsp3) is 0.941. The van der Waals surface area contributed by atoms with E-state index in [4.69, 9.17) is 28.2 Å². The maximum Gasteiger partial charge on any atom is 0.259 e. The zero-order valence-corrected chi connectivity index (χ0v) is 17.5. The molecule has 2 radical (unpaired) electrons. The molecule has 0 heterocycles. The van der Waals surface area contributed by atoms with E-state index in [-0.39, 0.29) is 18.6 Å². The smallest absolute Gasteiger partial charge is 0.259 e. The molecule has 0 saturated heterocycles. The van der Waals surface area contributed by atoms with Crippen molar-refractivity contribution in [3.63, 3.8) is 0 Å². The molecule has 0 saturated carbocycles. The molecule has 0 N–H and O–H groups in total. The molecule has 5 nitrogen and oxygen atoms in total. The Morgan fingerprint density at radius 3 is 2.12 bits per heavy atom. The van der Waals surface area contributed by atoms with Crippen LogP contribution in [0.5, 0.6) is 0 Å². The molecule has 0 aromatic carbocycles. The topological polar surface area (TPSA) is 35.3 Å². The lowest BCUT2D eigenvalue weighted by Gasteiger charge is -2.38. The molecule has 8 heteroatoms. The summed E-state index contributed by atoms with van der Waals surface area (Å²) in [5.74, 6) is 0. The summed E-state index contributed by atoms with van der Waals surface area (Å²) in [7, 11) is 4.67. The van der Waals surface area contributed by atoms with Gasteiger partial charge < -0.3 is 18.6 Å². The van der Waals surface area contributed by atoms with Gasteiger partial charge in [0, 0.05) is 18.1 Å². The number of hydrogen-bond acceptors (Lipinski definition) is 4. The first kappa shape index (κ1) is 24.8. The van der Waals surface area contributed by atoms with E-state index in [0.717, 1.165) is 0 Å². The summed E-state index contributed by atoms with van der Waals surface area (Å²) in [6.07, 6.45) is -1.57. The molecular weight excluding hydrogens is 341 g/mol. The van der Waals surface area contributed by atoms with E-state index >= 15 is 0 Å². The van der Waals surface area contributed by atoms with Crippen LogP contribution in [0.4, 0.5) is 4.39 Å². The van der Waals surface area contributed by atoms with Crippen molar-refractivity contribution in [2.75, 3.05) is 13.2 Å². The summed E-state index contributed by atoms with van der Waals surface area (Å²) in [6.45, 7) is 20.9. The van der Waals surface area contributed by atoms with E-state index in [9.17, 15) is 4.39 Å². The van der Waals surface area contributed by atoms with Gasteiger partial charge in [0.1, 0.15) is 20.6 Å². The number of nitrogens with zero attached hydrogens (tertiary/aromatic N) is 2. The standard InChI is InChI=1S/C17H33BFN2O3P/c1-9-16(14(6)19)23-17(18)15(7)24-25(22-11-10-20-8)21(12(2)3)13(4)5/h12-17H,9-11H2,1-7H3/t14-,15+,16+,17?,25?/m0/s1. The Balaban J connectivity index is 4.99. The summed E-state index contributed by atoms with van der Waals surface area (Å²) >= 11 is 0. The monoisotopic (exact) mass is 374 g/mol. The van der Waals surface area contributed by atoms with Crippen LogP contribution in [-0.2, 0) is 13.8 Å². The van der Waals surface area contributed by atoms with Crippen LogP contribution in [0.15, 0.2) is 0 Å². The van der Waals surface area contributed by atoms with Crippen LogP contribution >= 0.6 is 8.53 Å². The third-order valence-corrected chi connectivity index (χ3v) is 5.83. The molecule has 5 atom stereocenters. The minimum Gasteiger partial charge on any atom is -0.379 e. The molecular formula is C17H33BFN2O3P. The number of hydrogen-bond donors (Lipinski definition) is 0. The van der Waals surface area contributed by atoms with Gasteiger partial charge in [-0.25, -0.2) is 15.6 Å². The van der Waals surface area contributed by atoms with Crippen molar-refractivity contribution in [1.82, 2.24) is 4.67 Å². The highest BCUT2D eigenvalue weighted by atomic mass is 31.2. The predicted octanol–water partition coefficient (Wildman–Crippen LogP) is 4.32. The third kappa shape index (κ3) is 9.31. The summed E-state index contributed by atoms with van der Waals surface area (Å²) in [4.78, 5) is 3.31. The first-order chi connectivity index (χ1) is 11.6. The number of halogens is 1. The first-order valence-corrected chi connectivity index (χ1v) is 10.0. The molecule has 0 aliphatic heterocycles. The fourth-order valence-corrected chi connectivity index (χ4v) is 4.03. The highest BCUT2D eigenvalue weighted by Crippen LogP contribution is 2.47. The van der Waals surface area contributed by atoms with Gasteiger partial charge in [0.15, 0.2) is 0 Å². The van der Waals surface area contributed by atoms with Crippen molar-refractivity contribution >= 4 is 16.4 Å². The third-order valence-electron chi connectivity index (χ3n) is 3.62. The summed E-state index contributed by atoms with van der Waals surface area (Å²) in [5, 5.41) is 0. The van der Waals surface area contributed by atoms with E-state index in [1.165, 1.54) is 6.92 Å². The Bertz CT molecular complexity index is 389. The summed E-state index contributed by atoms with van der Waals surface area (Å²) in [5.41, 5.74) is 0. The van der Waals surface area contributed by atoms with E-state index < -0.39 is 32.9 Å². The average Bonchev–Trinajstić information content (AvgIpc) is 2.51. The summed E-state index contributed by atoms with van der Waals surface area (Å²) in [6, 6.07) is -0.339. The predicted molar refractivity (Wildman–Crippen MR) is 102 cm³/mol. The molecule has 0 spiro atoms. The van der Waals surface area contributed by atoms with Gasteiger partial charge >= 0.3 is 0 Å². The maximum absolute atomic E-state index is 13.5. The van der Waals surface area contributed by atoms with Crippen LogP contribution in [0, 0.1) is 6.57 Å². The lowest BCUT2D eigenvalue weighted by molar-refractivity contribution is -0.0537. The molecule has 0 amide bonds. The Hall–Kier alpha value is -0.245. The van der Waals surface area contributed by atoms with Crippen molar-refractivity contribution < 1.29 is 18.2 Å². The SMILES string of the molecule is [B]C(O[C@H](CC)[C@H](C)F)[C@@H](C)OP(OCC[N+]#[C-])N(C(C)C)C(C)C. The van der Waals surface area contributed by atoms with Gasteiger partial charge in [-0.05, 0) is 48.0 Å². The molecule has 0 rings (SSSR count). The lowest BCUT2D eigenvalue weighted by Crippen LogP contribution is -2.39. The van der Waals surface area contributed by atoms with Gasteiger partial charge in [-0.2, -0.15) is 0 Å². The van der Waals surface area contributed by atoms with Crippen molar-refractivity contribution in [1.29, 1.82) is 0 Å². The molecule has 0 bridgehead atoms. The molecule has 25 heavy (non-hydrogen) atoms. The normalized spacial score (nSPS) is 18.2. The molecule has 2 unspecified atom stereocenters. The van der Waals surface area contributed by atoms with Crippen LogP contribution in [0.25, 0.3) is 4.85 Å². The Labute approximate surface area is 155 Å². The van der Waals surface area contributed by atoms with E-state index in [0.29, 0.717) is 13.0 Å².